The SMILES string of the molecule is CCCCCCCCCCCCCCCCCCCCCCCC(=O)O[C@H](COC(=O)CCCCCCCCCCCCCC(C)C)COP(=O)(O)OC[C@@H](O)COP(=O)(O)OC[C@@H](COC(=O)CCCCCCCCCCCCC)OC(=O)CCCCCCCCCCCCC. The smallest absolute Gasteiger partial charge is 0.462 e. The third-order valence-corrected chi connectivity index (χ3v) is 20.2. The highest BCUT2D eigenvalue weighted by Crippen LogP contribution is 2.45. The minimum absolute atomic E-state index is 0.107. The molecule has 3 N–H and O–H groups in total. The molecule has 0 saturated heterocycles. The molecule has 576 valence electrons. The van der Waals surface area contributed by atoms with Crippen LogP contribution in [-0.4, -0.2) is 96.7 Å². The number of carbonyl (C=O) groups excluding carboxylic acids is 4. The van der Waals surface area contributed by atoms with Gasteiger partial charge in [0.2, 0.25) is 0 Å². The maximum absolute atomic E-state index is 13.1. The maximum atomic E-state index is 13.1. The summed E-state index contributed by atoms with van der Waals surface area (Å²) >= 11 is 0. The van der Waals surface area contributed by atoms with E-state index < -0.39 is 97.5 Å². The number of rotatable bonds is 78. The van der Waals surface area contributed by atoms with Crippen molar-refractivity contribution in [2.75, 3.05) is 39.6 Å². The standard InChI is InChI=1S/C78H152O17P2/c1-6-9-12-15-18-21-24-25-26-27-28-29-30-31-32-33-38-44-49-54-59-64-78(83)95-74(68-89-76(81)62-57-52-47-42-39-34-37-40-45-50-55-60-71(4)5)70-93-97(86,87)91-66-72(79)65-90-96(84,85)92-69-73(94-77(82)63-58-53-48-43-36-23-20-17-14-11-8-3)67-88-75(80)61-56-51-46-41-35-22-19-16-13-10-7-2/h71-74,79H,6-70H2,1-5H3,(H,84,85)(H,86,87)/t72-,73+,74+/m0/s1. The molecule has 0 bridgehead atoms. The van der Waals surface area contributed by atoms with Gasteiger partial charge in [-0.15, -0.1) is 0 Å². The topological polar surface area (TPSA) is 237 Å². The molecule has 0 saturated carbocycles. The van der Waals surface area contributed by atoms with Gasteiger partial charge in [-0.3, -0.25) is 37.3 Å². The van der Waals surface area contributed by atoms with Crippen molar-refractivity contribution in [3.63, 3.8) is 0 Å². The van der Waals surface area contributed by atoms with Crippen LogP contribution in [0.1, 0.15) is 413 Å². The molecular weight excluding hydrogens is 1270 g/mol. The van der Waals surface area contributed by atoms with Crippen LogP contribution in [-0.2, 0) is 65.4 Å². The lowest BCUT2D eigenvalue weighted by molar-refractivity contribution is -0.161. The van der Waals surface area contributed by atoms with E-state index in [4.69, 9.17) is 37.0 Å². The lowest BCUT2D eigenvalue weighted by Crippen LogP contribution is -2.30. The van der Waals surface area contributed by atoms with Gasteiger partial charge in [0.1, 0.15) is 19.3 Å². The number of carbonyl (C=O) groups is 4. The number of hydrogen-bond donors (Lipinski definition) is 3. The highest BCUT2D eigenvalue weighted by Gasteiger charge is 2.30. The molecule has 0 rings (SSSR count). The Hall–Kier alpha value is -1.94. The van der Waals surface area contributed by atoms with Crippen molar-refractivity contribution >= 4 is 39.5 Å². The number of aliphatic hydroxyl groups is 1. The van der Waals surface area contributed by atoms with Crippen molar-refractivity contribution < 1.29 is 80.2 Å². The molecule has 0 aliphatic rings. The number of phosphoric ester groups is 2. The first kappa shape index (κ1) is 95.1. The van der Waals surface area contributed by atoms with E-state index in [1.54, 1.807) is 0 Å². The molecule has 0 amide bonds. The predicted octanol–water partition coefficient (Wildman–Crippen LogP) is 23.3. The van der Waals surface area contributed by atoms with Crippen LogP contribution in [0.5, 0.6) is 0 Å². The Morgan fingerprint density at radius 3 is 0.701 bits per heavy atom. The zero-order valence-electron chi connectivity index (χ0n) is 63.2. The van der Waals surface area contributed by atoms with Crippen molar-refractivity contribution in [3.8, 4) is 0 Å². The van der Waals surface area contributed by atoms with Crippen LogP contribution in [0.25, 0.3) is 0 Å². The van der Waals surface area contributed by atoms with Gasteiger partial charge in [-0.1, -0.05) is 362 Å². The van der Waals surface area contributed by atoms with Crippen molar-refractivity contribution in [1.82, 2.24) is 0 Å². The van der Waals surface area contributed by atoms with Crippen LogP contribution in [0.15, 0.2) is 0 Å². The minimum Gasteiger partial charge on any atom is -0.462 e. The monoisotopic (exact) mass is 1420 g/mol. The average molecular weight is 1420 g/mol. The van der Waals surface area contributed by atoms with Crippen molar-refractivity contribution in [1.29, 1.82) is 0 Å². The Balaban J connectivity index is 5.20. The van der Waals surface area contributed by atoms with Crippen LogP contribution in [0.4, 0.5) is 0 Å². The van der Waals surface area contributed by atoms with E-state index in [-0.39, 0.29) is 25.7 Å². The van der Waals surface area contributed by atoms with Gasteiger partial charge < -0.3 is 33.8 Å². The largest absolute Gasteiger partial charge is 0.472 e. The molecule has 0 aliphatic heterocycles. The van der Waals surface area contributed by atoms with Gasteiger partial charge in [0, 0.05) is 25.7 Å². The van der Waals surface area contributed by atoms with Crippen LogP contribution < -0.4 is 0 Å². The molecule has 0 aromatic carbocycles. The molecule has 0 radical (unpaired) electrons. The molecular formula is C78H152O17P2. The third-order valence-electron chi connectivity index (χ3n) is 18.3. The Kier molecular flexibility index (Phi) is 69.6. The third kappa shape index (κ3) is 72.2. The summed E-state index contributed by atoms with van der Waals surface area (Å²) in [6.45, 7) is 7.30. The predicted molar refractivity (Wildman–Crippen MR) is 395 cm³/mol. The number of esters is 4. The molecule has 97 heavy (non-hydrogen) atoms. The molecule has 0 aromatic rings. The quantitative estimate of drug-likeness (QED) is 0.0222. The van der Waals surface area contributed by atoms with Gasteiger partial charge in [-0.2, -0.15) is 0 Å². The van der Waals surface area contributed by atoms with E-state index in [0.29, 0.717) is 25.7 Å². The zero-order chi connectivity index (χ0) is 71.2. The van der Waals surface area contributed by atoms with E-state index >= 15 is 0 Å². The second-order valence-corrected chi connectivity index (χ2v) is 31.5. The normalized spacial score (nSPS) is 13.9. The first-order valence-corrected chi connectivity index (χ1v) is 43.6. The van der Waals surface area contributed by atoms with Gasteiger partial charge >= 0.3 is 39.5 Å². The fourth-order valence-corrected chi connectivity index (χ4v) is 13.6. The Morgan fingerprint density at radius 2 is 0.474 bits per heavy atom. The van der Waals surface area contributed by atoms with Gasteiger partial charge in [0.05, 0.1) is 26.4 Å². The van der Waals surface area contributed by atoms with Gasteiger partial charge in [0.25, 0.3) is 0 Å². The summed E-state index contributed by atoms with van der Waals surface area (Å²) in [6.07, 6.45) is 61.0. The first-order valence-electron chi connectivity index (χ1n) is 40.6. The van der Waals surface area contributed by atoms with E-state index in [0.717, 1.165) is 95.8 Å². The van der Waals surface area contributed by atoms with Crippen molar-refractivity contribution in [2.24, 2.45) is 5.92 Å². The van der Waals surface area contributed by atoms with Crippen LogP contribution in [0.3, 0.4) is 0 Å². The number of unbranched alkanes of at least 4 members (excludes halogenated alkanes) is 50. The van der Waals surface area contributed by atoms with E-state index in [2.05, 4.69) is 34.6 Å². The second kappa shape index (κ2) is 71.1. The summed E-state index contributed by atoms with van der Waals surface area (Å²) in [7, 11) is -9.91. The van der Waals surface area contributed by atoms with Gasteiger partial charge in [-0.25, -0.2) is 9.13 Å². The lowest BCUT2D eigenvalue weighted by atomic mass is 10.0. The summed E-state index contributed by atoms with van der Waals surface area (Å²) < 4.78 is 68.6. The molecule has 0 spiro atoms. The summed E-state index contributed by atoms with van der Waals surface area (Å²) in [5, 5.41) is 10.6. The Labute approximate surface area is 594 Å². The number of ether oxygens (including phenoxy) is 4. The molecule has 5 atom stereocenters. The molecule has 2 unspecified atom stereocenters. The average Bonchev–Trinajstić information content (AvgIpc) is 1.32. The van der Waals surface area contributed by atoms with E-state index in [1.165, 1.54) is 238 Å². The summed E-state index contributed by atoms with van der Waals surface area (Å²) in [4.78, 5) is 72.8. The zero-order valence-corrected chi connectivity index (χ0v) is 65.0. The number of aliphatic hydroxyl groups excluding tert-OH is 1. The Morgan fingerprint density at radius 1 is 0.278 bits per heavy atom. The summed E-state index contributed by atoms with van der Waals surface area (Å²) in [5.41, 5.74) is 0. The molecule has 17 nitrogen and oxygen atoms in total. The van der Waals surface area contributed by atoms with Crippen molar-refractivity contribution in [3.05, 3.63) is 0 Å². The Bertz CT molecular complexity index is 1860. The van der Waals surface area contributed by atoms with Crippen molar-refractivity contribution in [2.45, 2.75) is 432 Å². The summed E-state index contributed by atoms with van der Waals surface area (Å²) in [5.74, 6) is -1.34. The van der Waals surface area contributed by atoms with E-state index in [9.17, 15) is 43.2 Å². The first-order chi connectivity index (χ1) is 47.0. The molecule has 0 fully saturated rings. The highest BCUT2D eigenvalue weighted by atomic mass is 31.2. The fraction of sp³-hybridized carbons (Fsp3) is 0.949. The number of hydrogen-bond acceptors (Lipinski definition) is 15. The molecule has 19 heteroatoms. The van der Waals surface area contributed by atoms with Crippen LogP contribution in [0, 0.1) is 5.92 Å². The second-order valence-electron chi connectivity index (χ2n) is 28.6. The maximum Gasteiger partial charge on any atom is 0.472 e. The van der Waals surface area contributed by atoms with Gasteiger partial charge in [-0.05, 0) is 31.6 Å². The van der Waals surface area contributed by atoms with Crippen LogP contribution in [0.2, 0.25) is 0 Å². The fourth-order valence-electron chi connectivity index (χ4n) is 12.1. The van der Waals surface area contributed by atoms with Gasteiger partial charge in [0.15, 0.2) is 12.2 Å². The minimum atomic E-state index is -4.96. The van der Waals surface area contributed by atoms with E-state index in [1.807, 2.05) is 0 Å². The molecule has 0 heterocycles. The lowest BCUT2D eigenvalue weighted by Gasteiger charge is -2.21. The van der Waals surface area contributed by atoms with Crippen LogP contribution >= 0.6 is 15.6 Å². The molecule has 0 aliphatic carbocycles. The highest BCUT2D eigenvalue weighted by molar-refractivity contribution is 7.47. The molecule has 0 aromatic heterocycles. The number of phosphoric acid groups is 2. The summed E-state index contributed by atoms with van der Waals surface area (Å²) in [6, 6.07) is 0.